The number of para-hydroxylation sites is 1. The van der Waals surface area contributed by atoms with E-state index in [1.54, 1.807) is 0 Å². The molecule has 0 aliphatic carbocycles. The summed E-state index contributed by atoms with van der Waals surface area (Å²) in [5.74, 6) is 0. The quantitative estimate of drug-likeness (QED) is 0.756. The molecule has 0 spiro atoms. The average Bonchev–Trinajstić information content (AvgIpc) is 2.24. The number of halogens is 1. The van der Waals surface area contributed by atoms with E-state index in [0.717, 1.165) is 22.9 Å². The van der Waals surface area contributed by atoms with Crippen LogP contribution in [0, 0.1) is 0 Å². The Morgan fingerprint density at radius 2 is 2.00 bits per heavy atom. The summed E-state index contributed by atoms with van der Waals surface area (Å²) in [5, 5.41) is 4.24. The summed E-state index contributed by atoms with van der Waals surface area (Å²) >= 11 is 6.18. The van der Waals surface area contributed by atoms with Crippen molar-refractivity contribution >= 4 is 23.0 Å². The Bertz CT molecular complexity index is 324. The number of rotatable bonds is 6. The minimum Gasteiger partial charge on any atom is -0.383 e. The van der Waals surface area contributed by atoms with Gasteiger partial charge in [-0.1, -0.05) is 37.4 Å². The highest BCUT2D eigenvalue weighted by molar-refractivity contribution is 6.34. The molecule has 0 bridgehead atoms. The zero-order valence-electron chi connectivity index (χ0n) is 10.4. The summed E-state index contributed by atoms with van der Waals surface area (Å²) in [5.41, 5.74) is 2.19. The van der Waals surface area contributed by atoms with Crippen LogP contribution in [0.2, 0.25) is 5.02 Å². The van der Waals surface area contributed by atoms with Crippen molar-refractivity contribution in [1.29, 1.82) is 0 Å². The Labute approximate surface area is 104 Å². The van der Waals surface area contributed by atoms with E-state index in [1.807, 2.05) is 31.1 Å². The molecule has 0 aromatic heterocycles. The van der Waals surface area contributed by atoms with Crippen LogP contribution in [0.5, 0.6) is 0 Å². The number of benzene rings is 1. The molecule has 2 nitrogen and oxygen atoms in total. The van der Waals surface area contributed by atoms with Crippen LogP contribution >= 0.6 is 11.6 Å². The monoisotopic (exact) mass is 240 g/mol. The third-order valence-electron chi connectivity index (χ3n) is 2.53. The fourth-order valence-corrected chi connectivity index (χ4v) is 2.05. The fraction of sp³-hybridized carbons (Fsp3) is 0.538. The second kappa shape index (κ2) is 6.64. The normalized spacial score (nSPS) is 10.2. The summed E-state index contributed by atoms with van der Waals surface area (Å²) in [6.45, 7) is 3.22. The molecule has 90 valence electrons. The van der Waals surface area contributed by atoms with Gasteiger partial charge in [0.2, 0.25) is 0 Å². The van der Waals surface area contributed by atoms with E-state index in [2.05, 4.69) is 18.3 Å². The molecule has 1 aromatic rings. The van der Waals surface area contributed by atoms with Crippen LogP contribution in [0.3, 0.4) is 0 Å². The second-order valence-electron chi connectivity index (χ2n) is 4.16. The van der Waals surface area contributed by atoms with Gasteiger partial charge < -0.3 is 10.2 Å². The van der Waals surface area contributed by atoms with Gasteiger partial charge in [-0.25, -0.2) is 0 Å². The summed E-state index contributed by atoms with van der Waals surface area (Å²) in [6, 6.07) is 5.98. The largest absolute Gasteiger partial charge is 0.383 e. The smallest absolute Gasteiger partial charge is 0.0786 e. The highest BCUT2D eigenvalue weighted by Gasteiger charge is 2.07. The van der Waals surface area contributed by atoms with Crippen LogP contribution in [0.15, 0.2) is 18.2 Å². The molecule has 0 amide bonds. The zero-order chi connectivity index (χ0) is 12.0. The molecule has 0 aliphatic rings. The first kappa shape index (κ1) is 13.2. The molecule has 1 aromatic carbocycles. The highest BCUT2D eigenvalue weighted by atomic mass is 35.5. The predicted molar refractivity (Wildman–Crippen MR) is 73.8 cm³/mol. The Morgan fingerprint density at radius 3 is 2.62 bits per heavy atom. The lowest BCUT2D eigenvalue weighted by atomic mass is 10.2. The molecule has 0 atom stereocenters. The number of nitrogens with zero attached hydrogens (tertiary/aromatic N) is 1. The molecule has 3 heteroatoms. The van der Waals surface area contributed by atoms with Gasteiger partial charge in [-0.2, -0.15) is 0 Å². The van der Waals surface area contributed by atoms with E-state index < -0.39 is 0 Å². The summed E-state index contributed by atoms with van der Waals surface area (Å²) in [7, 11) is 4.02. The van der Waals surface area contributed by atoms with E-state index in [9.17, 15) is 0 Å². The third-order valence-corrected chi connectivity index (χ3v) is 2.83. The molecule has 0 heterocycles. The SMILES string of the molecule is CCCCCNc1cccc(Cl)c1N(C)C. The van der Waals surface area contributed by atoms with Gasteiger partial charge in [-0.3, -0.25) is 0 Å². The standard InChI is InChI=1S/C13H21ClN2/c1-4-5-6-10-15-12-9-7-8-11(14)13(12)16(2)3/h7-9,15H,4-6,10H2,1-3H3. The molecular weight excluding hydrogens is 220 g/mol. The van der Waals surface area contributed by atoms with E-state index in [1.165, 1.54) is 19.3 Å². The van der Waals surface area contributed by atoms with E-state index in [0.29, 0.717) is 0 Å². The van der Waals surface area contributed by atoms with Gasteiger partial charge in [-0.15, -0.1) is 0 Å². The Balaban J connectivity index is 2.67. The van der Waals surface area contributed by atoms with Crippen molar-refractivity contribution in [3.8, 4) is 0 Å². The second-order valence-corrected chi connectivity index (χ2v) is 4.57. The highest BCUT2D eigenvalue weighted by Crippen LogP contribution is 2.32. The lowest BCUT2D eigenvalue weighted by molar-refractivity contribution is 0.743. The molecular formula is C13H21ClN2. The first-order chi connectivity index (χ1) is 7.66. The fourth-order valence-electron chi connectivity index (χ4n) is 1.71. The van der Waals surface area contributed by atoms with E-state index in [-0.39, 0.29) is 0 Å². The summed E-state index contributed by atoms with van der Waals surface area (Å²) in [4.78, 5) is 2.05. The molecule has 0 saturated carbocycles. The minimum atomic E-state index is 0.797. The number of hydrogen-bond acceptors (Lipinski definition) is 2. The minimum absolute atomic E-state index is 0.797. The third kappa shape index (κ3) is 3.60. The number of hydrogen-bond donors (Lipinski definition) is 1. The van der Waals surface area contributed by atoms with Crippen LogP contribution in [0.25, 0.3) is 0 Å². The van der Waals surface area contributed by atoms with Crippen LogP contribution in [-0.4, -0.2) is 20.6 Å². The van der Waals surface area contributed by atoms with Crippen LogP contribution in [0.4, 0.5) is 11.4 Å². The van der Waals surface area contributed by atoms with Gasteiger partial charge in [0.25, 0.3) is 0 Å². The topological polar surface area (TPSA) is 15.3 Å². The first-order valence-corrected chi connectivity index (χ1v) is 6.24. The van der Waals surface area contributed by atoms with Gasteiger partial charge in [0.15, 0.2) is 0 Å². The molecule has 0 radical (unpaired) electrons. The molecule has 1 rings (SSSR count). The van der Waals surface area contributed by atoms with Gasteiger partial charge >= 0.3 is 0 Å². The van der Waals surface area contributed by atoms with Crippen molar-refractivity contribution in [1.82, 2.24) is 0 Å². The Morgan fingerprint density at radius 1 is 1.25 bits per heavy atom. The predicted octanol–water partition coefficient (Wildman–Crippen LogP) is 4.01. The summed E-state index contributed by atoms with van der Waals surface area (Å²) < 4.78 is 0. The number of unbranched alkanes of at least 4 members (excludes halogenated alkanes) is 2. The van der Waals surface area contributed by atoms with Crippen LogP contribution in [0.1, 0.15) is 26.2 Å². The lowest BCUT2D eigenvalue weighted by Crippen LogP contribution is -2.13. The van der Waals surface area contributed by atoms with Crippen LogP contribution < -0.4 is 10.2 Å². The zero-order valence-corrected chi connectivity index (χ0v) is 11.1. The lowest BCUT2D eigenvalue weighted by Gasteiger charge is -2.19. The maximum absolute atomic E-state index is 6.18. The maximum atomic E-state index is 6.18. The molecule has 0 fully saturated rings. The van der Waals surface area contributed by atoms with Crippen LogP contribution in [-0.2, 0) is 0 Å². The van der Waals surface area contributed by atoms with Crippen molar-refractivity contribution in [3.63, 3.8) is 0 Å². The van der Waals surface area contributed by atoms with Crippen molar-refractivity contribution < 1.29 is 0 Å². The number of nitrogens with one attached hydrogen (secondary N) is 1. The van der Waals surface area contributed by atoms with E-state index in [4.69, 9.17) is 11.6 Å². The molecule has 0 aliphatic heterocycles. The van der Waals surface area contributed by atoms with Crippen molar-refractivity contribution in [3.05, 3.63) is 23.2 Å². The van der Waals surface area contributed by atoms with Crippen molar-refractivity contribution in [2.24, 2.45) is 0 Å². The van der Waals surface area contributed by atoms with Crippen molar-refractivity contribution in [2.75, 3.05) is 30.9 Å². The maximum Gasteiger partial charge on any atom is 0.0786 e. The molecule has 1 N–H and O–H groups in total. The van der Waals surface area contributed by atoms with E-state index >= 15 is 0 Å². The Hall–Kier alpha value is -0.890. The first-order valence-electron chi connectivity index (χ1n) is 5.86. The van der Waals surface area contributed by atoms with Gasteiger partial charge in [0, 0.05) is 20.6 Å². The average molecular weight is 241 g/mol. The van der Waals surface area contributed by atoms with Gasteiger partial charge in [0.1, 0.15) is 0 Å². The number of anilines is 2. The Kier molecular flexibility index (Phi) is 5.47. The molecule has 16 heavy (non-hydrogen) atoms. The summed E-state index contributed by atoms with van der Waals surface area (Å²) in [6.07, 6.45) is 3.72. The molecule has 0 unspecified atom stereocenters. The van der Waals surface area contributed by atoms with Crippen molar-refractivity contribution in [2.45, 2.75) is 26.2 Å². The molecule has 0 saturated heterocycles. The van der Waals surface area contributed by atoms with Gasteiger partial charge in [-0.05, 0) is 18.6 Å². The van der Waals surface area contributed by atoms with Gasteiger partial charge in [0.05, 0.1) is 16.4 Å².